The van der Waals surface area contributed by atoms with E-state index < -0.39 is 0 Å². The minimum Gasteiger partial charge on any atom is -0.330 e. The lowest BCUT2D eigenvalue weighted by Crippen LogP contribution is -1.99. The van der Waals surface area contributed by atoms with Crippen molar-refractivity contribution in [1.29, 1.82) is 0 Å². The van der Waals surface area contributed by atoms with Crippen LogP contribution in [-0.4, -0.2) is 16.7 Å². The predicted molar refractivity (Wildman–Crippen MR) is 78.1 cm³/mol. The number of hydrogen-bond acceptors (Lipinski definition) is 5. The summed E-state index contributed by atoms with van der Waals surface area (Å²) in [5.74, 6) is 0. The molecule has 0 aliphatic carbocycles. The molecule has 0 aliphatic heterocycles. The molecule has 0 amide bonds. The van der Waals surface area contributed by atoms with Gasteiger partial charge in [0.1, 0.15) is 10.0 Å². The number of rotatable bonds is 4. The molecule has 0 fully saturated rings. The fraction of sp³-hybridized carbons (Fsp3) is 0.231. The molecule has 0 aliphatic rings. The number of benzene rings is 1. The van der Waals surface area contributed by atoms with Gasteiger partial charge in [-0.1, -0.05) is 29.5 Å². The molecule has 92 valence electrons. The smallest absolute Gasteiger partial charge is 0.149 e. The van der Waals surface area contributed by atoms with E-state index in [-0.39, 0.29) is 0 Å². The van der Waals surface area contributed by atoms with Crippen molar-refractivity contribution in [1.82, 2.24) is 10.2 Å². The lowest BCUT2D eigenvalue weighted by molar-refractivity contribution is 0.812. The summed E-state index contributed by atoms with van der Waals surface area (Å²) in [5.41, 5.74) is 6.71. The monoisotopic (exact) mass is 275 g/mol. The fourth-order valence-electron chi connectivity index (χ4n) is 1.86. The minimum absolute atomic E-state index is 0.705. The summed E-state index contributed by atoms with van der Waals surface area (Å²) in [4.78, 5) is 0. The average molecular weight is 275 g/mol. The number of nitrogens with two attached hydrogens (primary N) is 1. The summed E-state index contributed by atoms with van der Waals surface area (Å²) in [7, 11) is 0. The van der Waals surface area contributed by atoms with Crippen molar-refractivity contribution < 1.29 is 0 Å². The summed E-state index contributed by atoms with van der Waals surface area (Å²) in [6.45, 7) is 0.705. The summed E-state index contributed by atoms with van der Waals surface area (Å²) in [6, 6.07) is 8.41. The molecule has 0 unspecified atom stereocenters. The standard InChI is InChI=1S/C13H13N3S2/c14-7-3-6-12-15-16-13(18-12)10-8-17-11-5-2-1-4-9(10)11/h1-2,4-5,8H,3,6-7,14H2. The predicted octanol–water partition coefficient (Wildman–Crippen LogP) is 3.31. The molecule has 0 atom stereocenters. The number of aromatic nitrogens is 2. The van der Waals surface area contributed by atoms with Gasteiger partial charge in [0.25, 0.3) is 0 Å². The van der Waals surface area contributed by atoms with Crippen molar-refractivity contribution in [3.63, 3.8) is 0 Å². The van der Waals surface area contributed by atoms with E-state index in [0.29, 0.717) is 6.54 Å². The van der Waals surface area contributed by atoms with Crippen LogP contribution in [0.5, 0.6) is 0 Å². The third-order valence-electron chi connectivity index (χ3n) is 2.77. The summed E-state index contributed by atoms with van der Waals surface area (Å²) < 4.78 is 1.30. The molecule has 5 heteroatoms. The largest absolute Gasteiger partial charge is 0.330 e. The van der Waals surface area contributed by atoms with Gasteiger partial charge in [0.2, 0.25) is 0 Å². The molecular formula is C13H13N3S2. The highest BCUT2D eigenvalue weighted by atomic mass is 32.1. The van der Waals surface area contributed by atoms with Crippen LogP contribution in [0.25, 0.3) is 20.7 Å². The average Bonchev–Trinajstić information content (AvgIpc) is 3.02. The second-order valence-electron chi connectivity index (χ2n) is 4.04. The number of fused-ring (bicyclic) bond motifs is 1. The maximum atomic E-state index is 5.51. The molecule has 0 saturated carbocycles. The highest BCUT2D eigenvalue weighted by Gasteiger charge is 2.11. The Morgan fingerprint density at radius 3 is 2.94 bits per heavy atom. The fourth-order valence-corrected chi connectivity index (χ4v) is 3.79. The Hall–Kier alpha value is -1.30. The summed E-state index contributed by atoms with van der Waals surface area (Å²) in [6.07, 6.45) is 1.90. The number of nitrogens with zero attached hydrogens (tertiary/aromatic N) is 2. The molecule has 2 N–H and O–H groups in total. The maximum absolute atomic E-state index is 5.51. The lowest BCUT2D eigenvalue weighted by atomic mass is 10.2. The first-order valence-electron chi connectivity index (χ1n) is 5.87. The second kappa shape index (κ2) is 5.14. The van der Waals surface area contributed by atoms with E-state index in [9.17, 15) is 0 Å². The van der Waals surface area contributed by atoms with E-state index in [0.717, 1.165) is 22.9 Å². The minimum atomic E-state index is 0.705. The zero-order chi connectivity index (χ0) is 12.4. The molecule has 1 aromatic carbocycles. The maximum Gasteiger partial charge on any atom is 0.149 e. The van der Waals surface area contributed by atoms with E-state index in [4.69, 9.17) is 5.73 Å². The van der Waals surface area contributed by atoms with Gasteiger partial charge in [-0.2, -0.15) is 0 Å². The third kappa shape index (κ3) is 2.16. The van der Waals surface area contributed by atoms with Gasteiger partial charge in [-0.25, -0.2) is 0 Å². The highest BCUT2D eigenvalue weighted by Crippen LogP contribution is 2.35. The molecule has 3 rings (SSSR count). The van der Waals surface area contributed by atoms with E-state index in [1.165, 1.54) is 15.6 Å². The van der Waals surface area contributed by atoms with E-state index in [1.807, 2.05) is 0 Å². The van der Waals surface area contributed by atoms with Gasteiger partial charge < -0.3 is 5.73 Å². The molecule has 18 heavy (non-hydrogen) atoms. The molecule has 2 heterocycles. The van der Waals surface area contributed by atoms with Crippen LogP contribution in [0, 0.1) is 0 Å². The highest BCUT2D eigenvalue weighted by molar-refractivity contribution is 7.19. The van der Waals surface area contributed by atoms with Crippen LogP contribution >= 0.6 is 22.7 Å². The Balaban J connectivity index is 1.96. The van der Waals surface area contributed by atoms with Gasteiger partial charge in [-0.15, -0.1) is 21.5 Å². The first-order valence-corrected chi connectivity index (χ1v) is 7.57. The van der Waals surface area contributed by atoms with Gasteiger partial charge >= 0.3 is 0 Å². The molecule has 0 radical (unpaired) electrons. The van der Waals surface area contributed by atoms with Crippen molar-refractivity contribution in [2.45, 2.75) is 12.8 Å². The number of aryl methyl sites for hydroxylation is 1. The van der Waals surface area contributed by atoms with Gasteiger partial charge in [-0.3, -0.25) is 0 Å². The van der Waals surface area contributed by atoms with Gasteiger partial charge in [0.05, 0.1) is 0 Å². The van der Waals surface area contributed by atoms with Crippen LogP contribution in [0.1, 0.15) is 11.4 Å². The van der Waals surface area contributed by atoms with Crippen LogP contribution in [0.15, 0.2) is 29.6 Å². The molecule has 0 bridgehead atoms. The Bertz CT molecular complexity index is 657. The van der Waals surface area contributed by atoms with Gasteiger partial charge in [-0.05, 0) is 19.0 Å². The van der Waals surface area contributed by atoms with Crippen molar-refractivity contribution in [3.05, 3.63) is 34.7 Å². The van der Waals surface area contributed by atoms with E-state index >= 15 is 0 Å². The molecule has 2 aromatic heterocycles. The van der Waals surface area contributed by atoms with E-state index in [1.54, 1.807) is 22.7 Å². The Morgan fingerprint density at radius 1 is 1.17 bits per heavy atom. The molecule has 3 nitrogen and oxygen atoms in total. The van der Waals surface area contributed by atoms with Crippen molar-refractivity contribution >= 4 is 32.8 Å². The van der Waals surface area contributed by atoms with Crippen LogP contribution in [0.3, 0.4) is 0 Å². The quantitative estimate of drug-likeness (QED) is 0.794. The van der Waals surface area contributed by atoms with Gasteiger partial charge in [0.15, 0.2) is 0 Å². The lowest BCUT2D eigenvalue weighted by Gasteiger charge is -1.92. The van der Waals surface area contributed by atoms with Gasteiger partial charge in [0, 0.05) is 27.5 Å². The first-order chi connectivity index (χ1) is 8.88. The van der Waals surface area contributed by atoms with Crippen LogP contribution in [-0.2, 0) is 6.42 Å². The Kier molecular flexibility index (Phi) is 3.36. The van der Waals surface area contributed by atoms with Crippen LogP contribution in [0.4, 0.5) is 0 Å². The molecule has 0 saturated heterocycles. The van der Waals surface area contributed by atoms with Crippen LogP contribution in [0.2, 0.25) is 0 Å². The topological polar surface area (TPSA) is 51.8 Å². The van der Waals surface area contributed by atoms with Crippen molar-refractivity contribution in [3.8, 4) is 10.6 Å². The normalized spacial score (nSPS) is 11.2. The summed E-state index contributed by atoms with van der Waals surface area (Å²) in [5, 5.41) is 14.1. The van der Waals surface area contributed by atoms with Crippen LogP contribution < -0.4 is 5.73 Å². The van der Waals surface area contributed by atoms with Crippen molar-refractivity contribution in [2.24, 2.45) is 5.73 Å². The molecule has 0 spiro atoms. The second-order valence-corrected chi connectivity index (χ2v) is 6.01. The molecular weight excluding hydrogens is 262 g/mol. The zero-order valence-electron chi connectivity index (χ0n) is 9.80. The summed E-state index contributed by atoms with van der Waals surface area (Å²) >= 11 is 3.43. The van der Waals surface area contributed by atoms with Crippen molar-refractivity contribution in [2.75, 3.05) is 6.54 Å². The number of hydrogen-bond donors (Lipinski definition) is 1. The SMILES string of the molecule is NCCCc1nnc(-c2csc3ccccc23)s1. The number of thiophene rings is 1. The third-order valence-corrected chi connectivity index (χ3v) is 4.75. The molecule has 3 aromatic rings. The Labute approximate surface area is 113 Å². The Morgan fingerprint density at radius 2 is 2.06 bits per heavy atom. The first kappa shape index (κ1) is 11.8. The zero-order valence-corrected chi connectivity index (χ0v) is 11.4. The van der Waals surface area contributed by atoms with E-state index in [2.05, 4.69) is 39.8 Å².